The van der Waals surface area contributed by atoms with Crippen molar-refractivity contribution in [2.45, 2.75) is 45.1 Å². The SMILES string of the molecule is Cc1cc(OC2CCCC2)cc(C(=O)Cc2ccc(F)cn2)n1. The number of carbonyl (C=O) groups is 1. The van der Waals surface area contributed by atoms with E-state index in [-0.39, 0.29) is 18.3 Å². The molecular weight excluding hydrogens is 295 g/mol. The first kappa shape index (κ1) is 15.6. The first-order valence-corrected chi connectivity index (χ1v) is 7.89. The summed E-state index contributed by atoms with van der Waals surface area (Å²) >= 11 is 0. The van der Waals surface area contributed by atoms with Gasteiger partial charge in [-0.2, -0.15) is 0 Å². The molecule has 0 amide bonds. The van der Waals surface area contributed by atoms with E-state index in [2.05, 4.69) is 9.97 Å². The molecule has 4 nitrogen and oxygen atoms in total. The molecule has 0 atom stereocenters. The van der Waals surface area contributed by atoms with Crippen LogP contribution in [0.1, 0.15) is 47.6 Å². The van der Waals surface area contributed by atoms with Crippen molar-refractivity contribution >= 4 is 5.78 Å². The number of rotatable bonds is 5. The van der Waals surface area contributed by atoms with Crippen LogP contribution in [-0.2, 0) is 6.42 Å². The fourth-order valence-electron chi connectivity index (χ4n) is 2.81. The van der Waals surface area contributed by atoms with Gasteiger partial charge in [-0.1, -0.05) is 0 Å². The van der Waals surface area contributed by atoms with Crippen LogP contribution in [0.25, 0.3) is 0 Å². The second-order valence-corrected chi connectivity index (χ2v) is 5.92. The minimum Gasteiger partial charge on any atom is -0.490 e. The third kappa shape index (κ3) is 4.12. The third-order valence-electron chi connectivity index (χ3n) is 3.95. The molecule has 0 aromatic carbocycles. The summed E-state index contributed by atoms with van der Waals surface area (Å²) in [6, 6.07) is 6.36. The van der Waals surface area contributed by atoms with Crippen molar-refractivity contribution in [2.75, 3.05) is 0 Å². The molecule has 0 aliphatic heterocycles. The van der Waals surface area contributed by atoms with Gasteiger partial charge >= 0.3 is 0 Å². The number of aromatic nitrogens is 2. The predicted octanol–water partition coefficient (Wildman–Crippen LogP) is 3.67. The molecule has 120 valence electrons. The lowest BCUT2D eigenvalue weighted by Gasteiger charge is -2.14. The number of ether oxygens (including phenoxy) is 1. The van der Waals surface area contributed by atoms with Crippen molar-refractivity contribution in [2.24, 2.45) is 0 Å². The molecule has 0 spiro atoms. The first-order chi connectivity index (χ1) is 11.1. The van der Waals surface area contributed by atoms with Gasteiger partial charge < -0.3 is 4.74 Å². The second kappa shape index (κ2) is 6.86. The Balaban J connectivity index is 1.74. The molecular formula is C18H19FN2O2. The molecule has 2 aromatic heterocycles. The van der Waals surface area contributed by atoms with Crippen LogP contribution in [0.4, 0.5) is 4.39 Å². The van der Waals surface area contributed by atoms with Gasteiger partial charge in [0.2, 0.25) is 0 Å². The van der Waals surface area contributed by atoms with E-state index >= 15 is 0 Å². The second-order valence-electron chi connectivity index (χ2n) is 5.92. The van der Waals surface area contributed by atoms with Gasteiger partial charge in [0.1, 0.15) is 17.3 Å². The first-order valence-electron chi connectivity index (χ1n) is 7.89. The number of halogens is 1. The number of nitrogens with zero attached hydrogens (tertiary/aromatic N) is 2. The van der Waals surface area contributed by atoms with Gasteiger partial charge in [0, 0.05) is 23.5 Å². The lowest BCUT2D eigenvalue weighted by Crippen LogP contribution is -2.13. The van der Waals surface area contributed by atoms with Gasteiger partial charge in [-0.05, 0) is 44.7 Å². The Labute approximate surface area is 134 Å². The van der Waals surface area contributed by atoms with Crippen LogP contribution in [0.15, 0.2) is 30.5 Å². The van der Waals surface area contributed by atoms with E-state index in [1.54, 1.807) is 6.07 Å². The van der Waals surface area contributed by atoms with Crippen molar-refractivity contribution in [1.82, 2.24) is 9.97 Å². The Hall–Kier alpha value is -2.30. The highest BCUT2D eigenvalue weighted by atomic mass is 19.1. The summed E-state index contributed by atoms with van der Waals surface area (Å²) in [6.07, 6.45) is 5.95. The van der Waals surface area contributed by atoms with Crippen molar-refractivity contribution in [1.29, 1.82) is 0 Å². The summed E-state index contributed by atoms with van der Waals surface area (Å²) in [5.41, 5.74) is 1.64. The Bertz CT molecular complexity index is 695. The smallest absolute Gasteiger partial charge is 0.187 e. The zero-order valence-corrected chi connectivity index (χ0v) is 13.1. The van der Waals surface area contributed by atoms with Crippen LogP contribution in [-0.4, -0.2) is 21.9 Å². The molecule has 2 aromatic rings. The molecule has 5 heteroatoms. The van der Waals surface area contributed by atoms with Crippen LogP contribution in [0.5, 0.6) is 5.75 Å². The fourth-order valence-corrected chi connectivity index (χ4v) is 2.81. The van der Waals surface area contributed by atoms with E-state index in [1.807, 2.05) is 13.0 Å². The van der Waals surface area contributed by atoms with Crippen LogP contribution in [0.2, 0.25) is 0 Å². The summed E-state index contributed by atoms with van der Waals surface area (Å²) in [5.74, 6) is 0.131. The molecule has 0 radical (unpaired) electrons. The van der Waals surface area contributed by atoms with E-state index in [0.29, 0.717) is 17.1 Å². The molecule has 0 bridgehead atoms. The van der Waals surface area contributed by atoms with Crippen LogP contribution >= 0.6 is 0 Å². The highest BCUT2D eigenvalue weighted by Crippen LogP contribution is 2.25. The number of pyridine rings is 2. The number of carbonyl (C=O) groups excluding carboxylic acids is 1. The topological polar surface area (TPSA) is 52.1 Å². The Kier molecular flexibility index (Phi) is 4.65. The zero-order valence-electron chi connectivity index (χ0n) is 13.1. The quantitative estimate of drug-likeness (QED) is 0.790. The third-order valence-corrected chi connectivity index (χ3v) is 3.95. The van der Waals surface area contributed by atoms with E-state index < -0.39 is 5.82 Å². The highest BCUT2D eigenvalue weighted by molar-refractivity contribution is 5.95. The number of hydrogen-bond donors (Lipinski definition) is 0. The maximum Gasteiger partial charge on any atom is 0.187 e. The number of hydrogen-bond acceptors (Lipinski definition) is 4. The molecule has 0 N–H and O–H groups in total. The molecule has 1 fully saturated rings. The van der Waals surface area contributed by atoms with E-state index in [9.17, 15) is 9.18 Å². The summed E-state index contributed by atoms with van der Waals surface area (Å²) in [5, 5.41) is 0. The van der Waals surface area contributed by atoms with Crippen LogP contribution in [0.3, 0.4) is 0 Å². The van der Waals surface area contributed by atoms with Crippen molar-refractivity contribution in [3.8, 4) is 5.75 Å². The molecule has 2 heterocycles. The maximum absolute atomic E-state index is 12.9. The van der Waals surface area contributed by atoms with Crippen molar-refractivity contribution < 1.29 is 13.9 Å². The molecule has 0 saturated heterocycles. The molecule has 1 aliphatic carbocycles. The average Bonchev–Trinajstić information content (AvgIpc) is 3.02. The van der Waals surface area contributed by atoms with Crippen LogP contribution < -0.4 is 4.74 Å². The average molecular weight is 314 g/mol. The minimum atomic E-state index is -0.415. The van der Waals surface area contributed by atoms with Gasteiger partial charge in [-0.3, -0.25) is 9.78 Å². The Morgan fingerprint density at radius 2 is 2.09 bits per heavy atom. The van der Waals surface area contributed by atoms with Gasteiger partial charge in [0.15, 0.2) is 5.78 Å². The fraction of sp³-hybridized carbons (Fsp3) is 0.389. The molecule has 0 unspecified atom stereocenters. The van der Waals surface area contributed by atoms with Crippen molar-refractivity contribution in [3.63, 3.8) is 0 Å². The van der Waals surface area contributed by atoms with Gasteiger partial charge in [-0.15, -0.1) is 0 Å². The van der Waals surface area contributed by atoms with Gasteiger partial charge in [0.05, 0.1) is 18.7 Å². The number of ketones is 1. The maximum atomic E-state index is 12.9. The normalized spacial score (nSPS) is 14.9. The summed E-state index contributed by atoms with van der Waals surface area (Å²) in [6.45, 7) is 1.84. The number of Topliss-reactive ketones (excluding diaryl/α,β-unsaturated/α-hetero) is 1. The molecule has 3 rings (SSSR count). The van der Waals surface area contributed by atoms with Gasteiger partial charge in [0.25, 0.3) is 0 Å². The molecule has 23 heavy (non-hydrogen) atoms. The zero-order chi connectivity index (χ0) is 16.2. The van der Waals surface area contributed by atoms with E-state index in [1.165, 1.54) is 25.0 Å². The summed E-state index contributed by atoms with van der Waals surface area (Å²) in [7, 11) is 0. The summed E-state index contributed by atoms with van der Waals surface area (Å²) in [4.78, 5) is 20.6. The molecule has 1 aliphatic rings. The predicted molar refractivity (Wildman–Crippen MR) is 84.1 cm³/mol. The standard InChI is InChI=1S/C18H19FN2O2/c1-12-8-16(23-15-4-2-3-5-15)10-17(21-12)18(22)9-14-7-6-13(19)11-20-14/h6-8,10-11,15H,2-5,9H2,1H3. The number of aryl methyl sites for hydroxylation is 1. The summed E-state index contributed by atoms with van der Waals surface area (Å²) < 4.78 is 18.8. The largest absolute Gasteiger partial charge is 0.490 e. The monoisotopic (exact) mass is 314 g/mol. The van der Waals surface area contributed by atoms with E-state index in [4.69, 9.17) is 4.74 Å². The lowest BCUT2D eigenvalue weighted by atomic mass is 10.1. The lowest BCUT2D eigenvalue weighted by molar-refractivity contribution is 0.0986. The van der Waals surface area contributed by atoms with Crippen LogP contribution in [0, 0.1) is 12.7 Å². The van der Waals surface area contributed by atoms with E-state index in [0.717, 1.165) is 24.7 Å². The van der Waals surface area contributed by atoms with Gasteiger partial charge in [-0.25, -0.2) is 9.37 Å². The Morgan fingerprint density at radius 1 is 1.30 bits per heavy atom. The highest BCUT2D eigenvalue weighted by Gasteiger charge is 2.18. The minimum absolute atomic E-state index is 0.0968. The Morgan fingerprint density at radius 3 is 2.78 bits per heavy atom. The molecule has 1 saturated carbocycles. The van der Waals surface area contributed by atoms with Crippen molar-refractivity contribution in [3.05, 3.63) is 53.4 Å².